The highest BCUT2D eigenvalue weighted by molar-refractivity contribution is 5.26. The zero-order valence-electron chi connectivity index (χ0n) is 10.4. The summed E-state index contributed by atoms with van der Waals surface area (Å²) >= 11 is 0. The molecule has 0 aromatic rings. The summed E-state index contributed by atoms with van der Waals surface area (Å²) < 4.78 is 152. The second-order valence-corrected chi connectivity index (χ2v) is 4.24. The lowest BCUT2D eigenvalue weighted by atomic mass is 10.1. The van der Waals surface area contributed by atoms with Gasteiger partial charge in [-0.3, -0.25) is 0 Å². The normalized spacial score (nSPS) is 14.8. The summed E-state index contributed by atoms with van der Waals surface area (Å²) in [4.78, 5) is 0. The van der Waals surface area contributed by atoms with Crippen LogP contribution in [0.3, 0.4) is 0 Å². The standard InChI is InChI=1S/C9H6F12O/c1-5(2,10)22-4(6(11,12)9(19,20)21)3(7(13,14)15)8(16,17)18/h1-2H3. The Morgan fingerprint density at radius 3 is 1.14 bits per heavy atom. The van der Waals surface area contributed by atoms with E-state index in [2.05, 4.69) is 4.74 Å². The first kappa shape index (κ1) is 20.7. The van der Waals surface area contributed by atoms with Crippen LogP contribution in [-0.4, -0.2) is 30.3 Å². The van der Waals surface area contributed by atoms with Gasteiger partial charge in [0.2, 0.25) is 5.85 Å². The van der Waals surface area contributed by atoms with E-state index in [0.717, 1.165) is 0 Å². The zero-order chi connectivity index (χ0) is 18.4. The first-order valence-corrected chi connectivity index (χ1v) is 4.93. The molecule has 22 heavy (non-hydrogen) atoms. The van der Waals surface area contributed by atoms with Crippen molar-refractivity contribution in [2.75, 3.05) is 0 Å². The highest BCUT2D eigenvalue weighted by Gasteiger charge is 2.68. The summed E-state index contributed by atoms with van der Waals surface area (Å²) in [5.74, 6) is -14.3. The summed E-state index contributed by atoms with van der Waals surface area (Å²) in [5.41, 5.74) is -4.28. The van der Waals surface area contributed by atoms with Crippen LogP contribution >= 0.6 is 0 Å². The van der Waals surface area contributed by atoms with Crippen LogP contribution in [0.2, 0.25) is 0 Å². The largest absolute Gasteiger partial charge is 0.461 e. The van der Waals surface area contributed by atoms with Crippen LogP contribution < -0.4 is 0 Å². The molecule has 0 unspecified atom stereocenters. The molecule has 132 valence electrons. The molecule has 0 radical (unpaired) electrons. The summed E-state index contributed by atoms with van der Waals surface area (Å²) in [7, 11) is 0. The van der Waals surface area contributed by atoms with E-state index in [9.17, 15) is 52.7 Å². The van der Waals surface area contributed by atoms with Crippen LogP contribution in [0.5, 0.6) is 0 Å². The molecular formula is C9H6F12O. The molecule has 0 spiro atoms. The van der Waals surface area contributed by atoms with Crippen LogP contribution in [0.4, 0.5) is 52.7 Å². The highest BCUT2D eigenvalue weighted by Crippen LogP contribution is 2.50. The molecule has 0 amide bonds. The van der Waals surface area contributed by atoms with Crippen LogP contribution in [0.25, 0.3) is 0 Å². The molecular weight excluding hydrogens is 352 g/mol. The van der Waals surface area contributed by atoms with Crippen LogP contribution in [0.15, 0.2) is 11.3 Å². The third-order valence-electron chi connectivity index (χ3n) is 1.78. The summed E-state index contributed by atoms with van der Waals surface area (Å²) in [6.45, 7) is 0.0909. The van der Waals surface area contributed by atoms with E-state index in [-0.39, 0.29) is 13.8 Å². The van der Waals surface area contributed by atoms with Crippen molar-refractivity contribution in [2.45, 2.75) is 44.2 Å². The van der Waals surface area contributed by atoms with Gasteiger partial charge in [0, 0.05) is 13.8 Å². The minimum Gasteiger partial charge on any atom is -0.455 e. The number of alkyl halides is 12. The van der Waals surface area contributed by atoms with E-state index < -0.39 is 41.6 Å². The third kappa shape index (κ3) is 4.87. The molecule has 0 fully saturated rings. The van der Waals surface area contributed by atoms with Crippen LogP contribution in [0, 0.1) is 0 Å². The number of rotatable bonds is 3. The quantitative estimate of drug-likeness (QED) is 0.492. The smallest absolute Gasteiger partial charge is 0.455 e. The first-order valence-electron chi connectivity index (χ1n) is 4.93. The topological polar surface area (TPSA) is 9.23 Å². The number of allylic oxidation sites excluding steroid dienone is 2. The monoisotopic (exact) mass is 358 g/mol. The molecule has 0 N–H and O–H groups in total. The maximum Gasteiger partial charge on any atom is 0.461 e. The molecule has 0 aromatic carbocycles. The Hall–Kier alpha value is -1.30. The van der Waals surface area contributed by atoms with E-state index >= 15 is 0 Å². The van der Waals surface area contributed by atoms with E-state index in [1.54, 1.807) is 0 Å². The van der Waals surface area contributed by atoms with E-state index in [1.807, 2.05) is 0 Å². The second-order valence-electron chi connectivity index (χ2n) is 4.24. The fraction of sp³-hybridized carbons (Fsp3) is 0.778. The number of hydrogen-bond acceptors (Lipinski definition) is 1. The maximum absolute atomic E-state index is 13.0. The Kier molecular flexibility index (Phi) is 5.09. The molecule has 0 saturated heterocycles. The van der Waals surface area contributed by atoms with Gasteiger partial charge in [-0.2, -0.15) is 52.7 Å². The lowest BCUT2D eigenvalue weighted by Crippen LogP contribution is -2.45. The van der Waals surface area contributed by atoms with E-state index in [4.69, 9.17) is 0 Å². The molecule has 1 nitrogen and oxygen atoms in total. The molecule has 0 heterocycles. The molecule has 13 heteroatoms. The molecule has 0 atom stereocenters. The molecule has 0 rings (SSSR count). The van der Waals surface area contributed by atoms with Crippen molar-refractivity contribution in [1.29, 1.82) is 0 Å². The van der Waals surface area contributed by atoms with Crippen molar-refractivity contribution < 1.29 is 57.4 Å². The SMILES string of the molecule is CC(C)(F)OC(=C(C(F)(F)F)C(F)(F)F)C(F)(F)C(F)(F)F. The zero-order valence-corrected chi connectivity index (χ0v) is 10.4. The average Bonchev–Trinajstić information content (AvgIpc) is 2.07. The van der Waals surface area contributed by atoms with Crippen LogP contribution in [0.1, 0.15) is 13.8 Å². The predicted octanol–water partition coefficient (Wildman–Crippen LogP) is 5.28. The van der Waals surface area contributed by atoms with Crippen molar-refractivity contribution in [3.05, 3.63) is 11.3 Å². The first-order chi connectivity index (χ1) is 9.21. The Labute approximate surface area is 114 Å². The molecule has 0 saturated carbocycles. The van der Waals surface area contributed by atoms with Crippen molar-refractivity contribution in [3.63, 3.8) is 0 Å². The van der Waals surface area contributed by atoms with Gasteiger partial charge >= 0.3 is 24.5 Å². The lowest BCUT2D eigenvalue weighted by molar-refractivity contribution is -0.292. The maximum atomic E-state index is 13.0. The van der Waals surface area contributed by atoms with Gasteiger partial charge in [-0.1, -0.05) is 0 Å². The fourth-order valence-corrected chi connectivity index (χ4v) is 1.06. The van der Waals surface area contributed by atoms with Gasteiger partial charge in [0.25, 0.3) is 0 Å². The average molecular weight is 358 g/mol. The van der Waals surface area contributed by atoms with Gasteiger partial charge in [-0.05, 0) is 0 Å². The van der Waals surface area contributed by atoms with Crippen molar-refractivity contribution in [3.8, 4) is 0 Å². The van der Waals surface area contributed by atoms with Crippen molar-refractivity contribution >= 4 is 0 Å². The second kappa shape index (κ2) is 5.41. The number of hydrogen-bond donors (Lipinski definition) is 0. The molecule has 0 aliphatic carbocycles. The van der Waals surface area contributed by atoms with Gasteiger partial charge in [0.05, 0.1) is 0 Å². The Bertz CT molecular complexity index is 413. The van der Waals surface area contributed by atoms with Gasteiger partial charge in [-0.15, -0.1) is 0 Å². The Morgan fingerprint density at radius 1 is 0.636 bits per heavy atom. The minimum atomic E-state index is -6.88. The van der Waals surface area contributed by atoms with Gasteiger partial charge in [0.1, 0.15) is 0 Å². The van der Waals surface area contributed by atoms with Crippen molar-refractivity contribution in [2.24, 2.45) is 0 Å². The molecule has 0 aliphatic heterocycles. The van der Waals surface area contributed by atoms with Gasteiger partial charge in [0.15, 0.2) is 11.3 Å². The molecule has 0 aliphatic rings. The van der Waals surface area contributed by atoms with Crippen molar-refractivity contribution in [1.82, 2.24) is 0 Å². The van der Waals surface area contributed by atoms with E-state index in [0.29, 0.717) is 0 Å². The lowest BCUT2D eigenvalue weighted by Gasteiger charge is -2.30. The van der Waals surface area contributed by atoms with Crippen LogP contribution in [-0.2, 0) is 4.74 Å². The minimum absolute atomic E-state index is 0.0455. The summed E-state index contributed by atoms with van der Waals surface area (Å²) in [6, 6.07) is 0. The van der Waals surface area contributed by atoms with E-state index in [1.165, 1.54) is 0 Å². The molecule has 0 aromatic heterocycles. The molecule has 0 bridgehead atoms. The highest BCUT2D eigenvalue weighted by atomic mass is 19.4. The Morgan fingerprint density at radius 2 is 0.955 bits per heavy atom. The fourth-order valence-electron chi connectivity index (χ4n) is 1.06. The predicted molar refractivity (Wildman–Crippen MR) is 46.4 cm³/mol. The Balaban J connectivity index is 6.68. The summed E-state index contributed by atoms with van der Waals surface area (Å²) in [5, 5.41) is 0. The summed E-state index contributed by atoms with van der Waals surface area (Å²) in [6.07, 6.45) is -20.3. The number of halogens is 12. The number of ether oxygens (including phenoxy) is 1. The van der Waals surface area contributed by atoms with Gasteiger partial charge < -0.3 is 4.74 Å². The third-order valence-corrected chi connectivity index (χ3v) is 1.78. The van der Waals surface area contributed by atoms with Gasteiger partial charge in [-0.25, -0.2) is 0 Å².